The molecule has 2 heterocycles. The Balaban J connectivity index is 1.61. The highest BCUT2D eigenvalue weighted by Crippen LogP contribution is 2.31. The summed E-state index contributed by atoms with van der Waals surface area (Å²) in [6.45, 7) is 8.49. The molecular formula is C25H24FN3OS. The molecule has 0 bridgehead atoms. The Kier molecular flexibility index (Phi) is 5.83. The Morgan fingerprint density at radius 3 is 2.39 bits per heavy atom. The fraction of sp³-hybridized carbons (Fsp3) is 0.200. The Morgan fingerprint density at radius 1 is 1.06 bits per heavy atom. The van der Waals surface area contributed by atoms with E-state index in [0.717, 1.165) is 22.6 Å². The average Bonchev–Trinajstić information content (AvgIpc) is 3.22. The van der Waals surface area contributed by atoms with Crippen molar-refractivity contribution in [3.05, 3.63) is 87.8 Å². The van der Waals surface area contributed by atoms with Crippen LogP contribution >= 0.6 is 11.8 Å². The number of benzene rings is 2. The zero-order chi connectivity index (χ0) is 22.1. The molecule has 3 aromatic rings. The maximum absolute atomic E-state index is 13.1. The molecule has 4 nitrogen and oxygen atoms in total. The minimum absolute atomic E-state index is 0.183. The highest BCUT2D eigenvalue weighted by atomic mass is 32.2. The van der Waals surface area contributed by atoms with Crippen LogP contribution < -0.4 is 5.32 Å². The van der Waals surface area contributed by atoms with Crippen LogP contribution in [0.15, 0.2) is 64.5 Å². The molecule has 1 amide bonds. The quantitative estimate of drug-likeness (QED) is 0.495. The number of nitrogens with one attached hydrogen (secondary N) is 1. The molecule has 1 saturated heterocycles. The molecule has 0 radical (unpaired) electrons. The lowest BCUT2D eigenvalue weighted by molar-refractivity contribution is -0.115. The van der Waals surface area contributed by atoms with Crippen LogP contribution in [0.25, 0.3) is 11.8 Å². The third-order valence-electron chi connectivity index (χ3n) is 5.28. The van der Waals surface area contributed by atoms with Crippen molar-refractivity contribution in [3.63, 3.8) is 0 Å². The minimum atomic E-state index is -0.318. The third-order valence-corrected chi connectivity index (χ3v) is 6.19. The van der Waals surface area contributed by atoms with Crippen LogP contribution in [-0.2, 0) is 4.79 Å². The first-order valence-electron chi connectivity index (χ1n) is 10.2. The molecular weight excluding hydrogens is 409 g/mol. The van der Waals surface area contributed by atoms with Crippen molar-refractivity contribution in [1.29, 1.82) is 0 Å². The van der Waals surface area contributed by atoms with Crippen molar-refractivity contribution in [2.75, 3.05) is 0 Å². The van der Waals surface area contributed by atoms with E-state index < -0.39 is 0 Å². The molecule has 0 unspecified atom stereocenters. The molecule has 0 aliphatic carbocycles. The van der Waals surface area contributed by atoms with Gasteiger partial charge >= 0.3 is 0 Å². The Bertz CT molecular complexity index is 1190. The SMILES string of the molecule is Cc1cc(/C=C2/SC(=Nc3ccc(F)cc3)NC2=O)c(C)n1-c1ccc(C(C)C)cc1. The number of halogens is 1. The van der Waals surface area contributed by atoms with E-state index in [2.05, 4.69) is 72.9 Å². The van der Waals surface area contributed by atoms with Crippen LogP contribution in [0, 0.1) is 19.7 Å². The van der Waals surface area contributed by atoms with Gasteiger partial charge in [-0.3, -0.25) is 4.79 Å². The average molecular weight is 434 g/mol. The summed E-state index contributed by atoms with van der Waals surface area (Å²) in [4.78, 5) is 17.4. The maximum Gasteiger partial charge on any atom is 0.264 e. The van der Waals surface area contributed by atoms with Gasteiger partial charge < -0.3 is 9.88 Å². The topological polar surface area (TPSA) is 46.4 Å². The number of carbonyl (C=O) groups excluding carboxylic acids is 1. The zero-order valence-corrected chi connectivity index (χ0v) is 18.8. The number of aryl methyl sites for hydroxylation is 1. The maximum atomic E-state index is 13.1. The predicted octanol–water partition coefficient (Wildman–Crippen LogP) is 6.25. The summed E-state index contributed by atoms with van der Waals surface area (Å²) in [6, 6.07) is 16.5. The molecule has 158 valence electrons. The van der Waals surface area contributed by atoms with Crippen LogP contribution in [0.1, 0.15) is 42.3 Å². The lowest BCUT2D eigenvalue weighted by atomic mass is 10.0. The number of rotatable bonds is 4. The van der Waals surface area contributed by atoms with Crippen LogP contribution in [0.2, 0.25) is 0 Å². The summed E-state index contributed by atoms with van der Waals surface area (Å²) in [5.74, 6) is -0.0105. The summed E-state index contributed by atoms with van der Waals surface area (Å²) in [6.07, 6.45) is 1.90. The molecule has 1 aliphatic rings. The number of hydrogen-bond acceptors (Lipinski definition) is 3. The number of hydrogen-bond donors (Lipinski definition) is 1. The lowest BCUT2D eigenvalue weighted by Gasteiger charge is -2.12. The van der Waals surface area contributed by atoms with E-state index in [4.69, 9.17) is 0 Å². The summed E-state index contributed by atoms with van der Waals surface area (Å²) >= 11 is 1.28. The molecule has 2 aromatic carbocycles. The van der Waals surface area contributed by atoms with Gasteiger partial charge in [0.2, 0.25) is 0 Å². The van der Waals surface area contributed by atoms with E-state index in [1.165, 1.54) is 29.5 Å². The van der Waals surface area contributed by atoms with Gasteiger partial charge in [-0.1, -0.05) is 26.0 Å². The molecule has 0 atom stereocenters. The van der Waals surface area contributed by atoms with Crippen LogP contribution in [0.3, 0.4) is 0 Å². The summed E-state index contributed by atoms with van der Waals surface area (Å²) in [5, 5.41) is 3.27. The largest absolute Gasteiger partial charge is 0.318 e. The molecule has 4 rings (SSSR count). The van der Waals surface area contributed by atoms with Gasteiger partial charge in [-0.15, -0.1) is 0 Å². The van der Waals surface area contributed by atoms with Crippen LogP contribution in [-0.4, -0.2) is 15.6 Å². The Hall–Kier alpha value is -3.12. The van der Waals surface area contributed by atoms with Gasteiger partial charge in [0.05, 0.1) is 10.6 Å². The van der Waals surface area contributed by atoms with E-state index in [9.17, 15) is 9.18 Å². The zero-order valence-electron chi connectivity index (χ0n) is 17.9. The van der Waals surface area contributed by atoms with E-state index in [0.29, 0.717) is 21.7 Å². The number of aliphatic imine (C=N–C) groups is 1. The van der Waals surface area contributed by atoms with E-state index in [1.807, 2.05) is 6.08 Å². The predicted molar refractivity (Wildman–Crippen MR) is 127 cm³/mol. The van der Waals surface area contributed by atoms with Gasteiger partial charge in [0.1, 0.15) is 5.82 Å². The van der Waals surface area contributed by atoms with Crippen molar-refractivity contribution in [1.82, 2.24) is 9.88 Å². The number of amidine groups is 1. The molecule has 0 saturated carbocycles. The van der Waals surface area contributed by atoms with Crippen LogP contribution in [0.5, 0.6) is 0 Å². The second kappa shape index (κ2) is 8.55. The molecule has 1 aliphatic heterocycles. The first kappa shape index (κ1) is 21.1. The molecule has 1 fully saturated rings. The van der Waals surface area contributed by atoms with Crippen molar-refractivity contribution in [2.24, 2.45) is 4.99 Å². The standard InChI is InChI=1S/C25H24FN3OS/c1-15(2)18-5-11-22(12-6-18)29-16(3)13-19(17(29)4)14-23-24(30)28-25(31-23)27-21-9-7-20(26)8-10-21/h5-15H,1-4H3,(H,27,28,30)/b23-14+. The number of nitrogens with zero attached hydrogens (tertiary/aromatic N) is 2. The molecule has 6 heteroatoms. The van der Waals surface area contributed by atoms with E-state index >= 15 is 0 Å². The molecule has 1 N–H and O–H groups in total. The second-order valence-electron chi connectivity index (χ2n) is 7.87. The smallest absolute Gasteiger partial charge is 0.264 e. The summed E-state index contributed by atoms with van der Waals surface area (Å²) in [5.41, 5.74) is 6.16. The number of aromatic nitrogens is 1. The molecule has 31 heavy (non-hydrogen) atoms. The van der Waals surface area contributed by atoms with Gasteiger partial charge in [0.15, 0.2) is 5.17 Å². The lowest BCUT2D eigenvalue weighted by Crippen LogP contribution is -2.19. The van der Waals surface area contributed by atoms with Gasteiger partial charge in [0, 0.05) is 17.1 Å². The number of carbonyl (C=O) groups is 1. The van der Waals surface area contributed by atoms with E-state index in [-0.39, 0.29) is 11.7 Å². The number of thioether (sulfide) groups is 1. The fourth-order valence-electron chi connectivity index (χ4n) is 3.59. The molecule has 1 aromatic heterocycles. The second-order valence-corrected chi connectivity index (χ2v) is 8.90. The van der Waals surface area contributed by atoms with Crippen molar-refractivity contribution >= 4 is 34.6 Å². The third kappa shape index (κ3) is 4.49. The Morgan fingerprint density at radius 2 is 1.74 bits per heavy atom. The van der Waals surface area contributed by atoms with Crippen molar-refractivity contribution in [3.8, 4) is 5.69 Å². The van der Waals surface area contributed by atoms with Crippen molar-refractivity contribution < 1.29 is 9.18 Å². The highest BCUT2D eigenvalue weighted by Gasteiger charge is 2.24. The van der Waals surface area contributed by atoms with E-state index in [1.54, 1.807) is 12.1 Å². The summed E-state index contributed by atoms with van der Waals surface area (Å²) < 4.78 is 15.3. The van der Waals surface area contributed by atoms with Crippen LogP contribution in [0.4, 0.5) is 10.1 Å². The van der Waals surface area contributed by atoms with Gasteiger partial charge in [-0.25, -0.2) is 9.38 Å². The Labute approximate surface area is 185 Å². The fourth-order valence-corrected chi connectivity index (χ4v) is 4.43. The highest BCUT2D eigenvalue weighted by molar-refractivity contribution is 8.18. The molecule has 0 spiro atoms. The monoisotopic (exact) mass is 433 g/mol. The summed E-state index contributed by atoms with van der Waals surface area (Å²) in [7, 11) is 0. The minimum Gasteiger partial charge on any atom is -0.318 e. The van der Waals surface area contributed by atoms with Crippen molar-refractivity contribution in [2.45, 2.75) is 33.6 Å². The van der Waals surface area contributed by atoms with Gasteiger partial charge in [-0.05, 0) is 91.2 Å². The first-order chi connectivity index (χ1) is 14.8. The van der Waals surface area contributed by atoms with Gasteiger partial charge in [-0.2, -0.15) is 0 Å². The number of amides is 1. The first-order valence-corrected chi connectivity index (χ1v) is 11.0. The normalized spacial score (nSPS) is 16.5. The van der Waals surface area contributed by atoms with Gasteiger partial charge in [0.25, 0.3) is 5.91 Å².